The summed E-state index contributed by atoms with van der Waals surface area (Å²) in [4.78, 5) is 0. The van der Waals surface area contributed by atoms with Crippen LogP contribution in [-0.4, -0.2) is 41.2 Å². The lowest BCUT2D eigenvalue weighted by molar-refractivity contribution is -0.378. The summed E-state index contributed by atoms with van der Waals surface area (Å²) in [6, 6.07) is 54.6. The second-order valence-electron chi connectivity index (χ2n) is 14.0. The quantitative estimate of drug-likeness (QED) is 0.103. The molecule has 2 N–H and O–H groups in total. The highest BCUT2D eigenvalue weighted by Crippen LogP contribution is 2.42. The molecular weight excluding hydrogens is 689 g/mol. The Morgan fingerprint density at radius 3 is 1.58 bits per heavy atom. The highest BCUT2D eigenvalue weighted by molar-refractivity contribution is 5.36. The van der Waals surface area contributed by atoms with E-state index < -0.39 is 36.3 Å². The third-order valence-electron chi connectivity index (χ3n) is 9.95. The summed E-state index contributed by atoms with van der Waals surface area (Å²) in [7, 11) is 0. The maximum atomic E-state index is 13.1. The first-order valence-electron chi connectivity index (χ1n) is 18.8. The summed E-state index contributed by atoms with van der Waals surface area (Å²) in [6.07, 6.45) is -4.35. The van der Waals surface area contributed by atoms with Gasteiger partial charge < -0.3 is 33.9 Å². The minimum Gasteiger partial charge on any atom is -0.384 e. The van der Waals surface area contributed by atoms with Crippen LogP contribution in [0.3, 0.4) is 0 Å². The number of aryl methyl sites for hydroxylation is 1. The second kappa shape index (κ2) is 18.6. The van der Waals surface area contributed by atoms with Crippen LogP contribution in [-0.2, 0) is 55.9 Å². The van der Waals surface area contributed by atoms with Crippen LogP contribution in [0.2, 0.25) is 0 Å². The van der Waals surface area contributed by atoms with Crippen molar-refractivity contribution in [1.82, 2.24) is 0 Å². The molecule has 1 aliphatic heterocycles. The van der Waals surface area contributed by atoms with E-state index in [4.69, 9.17) is 23.7 Å². The van der Waals surface area contributed by atoms with Crippen LogP contribution >= 0.6 is 0 Å². The molecule has 1 saturated heterocycles. The number of aliphatic hydroxyl groups is 2. The van der Waals surface area contributed by atoms with Gasteiger partial charge in [-0.1, -0.05) is 169 Å². The van der Waals surface area contributed by atoms with Crippen molar-refractivity contribution in [3.8, 4) is 0 Å². The van der Waals surface area contributed by atoms with E-state index >= 15 is 0 Å². The van der Waals surface area contributed by atoms with E-state index in [0.29, 0.717) is 17.7 Å². The fourth-order valence-electron chi connectivity index (χ4n) is 6.96. The van der Waals surface area contributed by atoms with Crippen LogP contribution in [0.4, 0.5) is 0 Å². The molecule has 55 heavy (non-hydrogen) atoms. The van der Waals surface area contributed by atoms with E-state index in [0.717, 1.165) is 33.4 Å². The highest BCUT2D eigenvalue weighted by atomic mass is 16.7. The zero-order valence-electron chi connectivity index (χ0n) is 31.0. The minimum absolute atomic E-state index is 0.0962. The zero-order valence-corrected chi connectivity index (χ0v) is 31.0. The Morgan fingerprint density at radius 2 is 1.04 bits per heavy atom. The molecular formula is C48H48O7. The van der Waals surface area contributed by atoms with Crippen molar-refractivity contribution in [2.45, 2.75) is 69.7 Å². The summed E-state index contributed by atoms with van der Waals surface area (Å²) in [6.45, 7) is 3.13. The van der Waals surface area contributed by atoms with Crippen molar-refractivity contribution in [3.63, 3.8) is 0 Å². The monoisotopic (exact) mass is 736 g/mol. The molecule has 6 aromatic rings. The Morgan fingerprint density at radius 1 is 0.545 bits per heavy atom. The van der Waals surface area contributed by atoms with Crippen LogP contribution in [0, 0.1) is 6.92 Å². The molecule has 0 radical (unpaired) electrons. The van der Waals surface area contributed by atoms with Crippen molar-refractivity contribution in [2.75, 3.05) is 6.61 Å². The number of benzene rings is 6. The Hall–Kier alpha value is -4.96. The Labute approximate surface area is 323 Å². The maximum Gasteiger partial charge on any atom is 0.222 e. The van der Waals surface area contributed by atoms with E-state index in [1.807, 2.05) is 165 Å². The summed E-state index contributed by atoms with van der Waals surface area (Å²) < 4.78 is 33.6. The van der Waals surface area contributed by atoms with Crippen LogP contribution in [0.25, 0.3) is 0 Å². The molecule has 2 unspecified atom stereocenters. The second-order valence-corrected chi connectivity index (χ2v) is 14.0. The fraction of sp³-hybridized carbons (Fsp3) is 0.250. The number of ether oxygens (including phenoxy) is 5. The maximum absolute atomic E-state index is 13.1. The zero-order chi connectivity index (χ0) is 37.9. The number of hydrogen-bond acceptors (Lipinski definition) is 7. The molecule has 1 fully saturated rings. The molecule has 7 heteroatoms. The van der Waals surface area contributed by atoms with Crippen LogP contribution < -0.4 is 0 Å². The van der Waals surface area contributed by atoms with Gasteiger partial charge in [-0.15, -0.1) is 0 Å². The molecule has 1 heterocycles. The lowest BCUT2D eigenvalue weighted by Crippen LogP contribution is -2.65. The van der Waals surface area contributed by atoms with Crippen molar-refractivity contribution >= 4 is 0 Å². The van der Waals surface area contributed by atoms with Crippen molar-refractivity contribution in [1.29, 1.82) is 0 Å². The van der Waals surface area contributed by atoms with Gasteiger partial charge in [0.05, 0.1) is 33.0 Å². The van der Waals surface area contributed by atoms with Crippen molar-refractivity contribution in [3.05, 3.63) is 214 Å². The molecule has 0 spiro atoms. The topological polar surface area (TPSA) is 86.6 Å². The van der Waals surface area contributed by atoms with Crippen molar-refractivity contribution < 1.29 is 33.9 Å². The van der Waals surface area contributed by atoms with Gasteiger partial charge in [0.2, 0.25) is 5.79 Å². The predicted octanol–water partition coefficient (Wildman–Crippen LogP) is 8.59. The Balaban J connectivity index is 1.29. The van der Waals surface area contributed by atoms with Gasteiger partial charge in [-0.2, -0.15) is 0 Å². The fourth-order valence-corrected chi connectivity index (χ4v) is 6.96. The highest BCUT2D eigenvalue weighted by Gasteiger charge is 2.57. The summed E-state index contributed by atoms with van der Waals surface area (Å²) >= 11 is 0. The van der Waals surface area contributed by atoms with Gasteiger partial charge in [0.25, 0.3) is 0 Å². The van der Waals surface area contributed by atoms with Crippen LogP contribution in [0.15, 0.2) is 170 Å². The first kappa shape index (κ1) is 38.3. The van der Waals surface area contributed by atoms with E-state index in [2.05, 4.69) is 0 Å². The molecule has 7 nitrogen and oxygen atoms in total. The standard InChI is InChI=1S/C48H48O7/c1-35-25-27-40(28-26-35)44(49)41-23-14-24-42(29-41)48(50)47(54-33-39-21-12-5-13-22-39)46(53-32-38-19-10-4-11-20-38)45(52-31-37-17-8-3-9-18-37)43(55-48)34-51-30-36-15-6-2-7-16-36/h2-29,43-47,49-50H,30-34H2,1H3/t43-,44?,45?,46+,47-,48+/m1/s1. The molecule has 0 bridgehead atoms. The predicted molar refractivity (Wildman–Crippen MR) is 212 cm³/mol. The third kappa shape index (κ3) is 9.84. The van der Waals surface area contributed by atoms with E-state index in [1.165, 1.54) is 0 Å². The first-order chi connectivity index (χ1) is 27.0. The summed E-state index contributed by atoms with van der Waals surface area (Å²) in [5.41, 5.74) is 6.72. The molecule has 0 aliphatic carbocycles. The molecule has 6 atom stereocenters. The number of rotatable bonds is 16. The lowest BCUT2D eigenvalue weighted by Gasteiger charge is -2.50. The lowest BCUT2D eigenvalue weighted by atomic mass is 9.86. The number of aliphatic hydroxyl groups excluding tert-OH is 1. The summed E-state index contributed by atoms with van der Waals surface area (Å²) in [5.74, 6) is -2.05. The molecule has 7 rings (SSSR count). The Bertz CT molecular complexity index is 2030. The third-order valence-corrected chi connectivity index (χ3v) is 9.95. The van der Waals surface area contributed by atoms with Gasteiger partial charge in [-0.25, -0.2) is 0 Å². The SMILES string of the molecule is Cc1ccc(C(O)c2cccc([C@]3(O)O[C@H](COCc4ccccc4)C(OCc4ccccc4)[C@H](OCc4ccccc4)[C@H]3OCc3ccccc3)c2)cc1. The van der Waals surface area contributed by atoms with Gasteiger partial charge >= 0.3 is 0 Å². The van der Waals surface area contributed by atoms with Crippen molar-refractivity contribution in [2.24, 2.45) is 0 Å². The average Bonchev–Trinajstić information content (AvgIpc) is 3.24. The van der Waals surface area contributed by atoms with Gasteiger partial charge in [0, 0.05) is 5.56 Å². The largest absolute Gasteiger partial charge is 0.384 e. The average molecular weight is 737 g/mol. The van der Waals surface area contributed by atoms with Gasteiger partial charge in [0.1, 0.15) is 30.5 Å². The minimum atomic E-state index is -2.05. The molecule has 282 valence electrons. The molecule has 0 amide bonds. The van der Waals surface area contributed by atoms with Gasteiger partial charge in [-0.3, -0.25) is 0 Å². The van der Waals surface area contributed by atoms with Gasteiger partial charge in [-0.05, 0) is 46.4 Å². The molecule has 0 saturated carbocycles. The van der Waals surface area contributed by atoms with Crippen LogP contribution in [0.5, 0.6) is 0 Å². The Kier molecular flexibility index (Phi) is 12.9. The first-order valence-corrected chi connectivity index (χ1v) is 18.8. The van der Waals surface area contributed by atoms with Gasteiger partial charge in [0.15, 0.2) is 0 Å². The van der Waals surface area contributed by atoms with E-state index in [-0.39, 0.29) is 26.4 Å². The normalized spacial score (nSPS) is 21.6. The summed E-state index contributed by atoms with van der Waals surface area (Å²) in [5, 5.41) is 24.7. The molecule has 1 aliphatic rings. The van der Waals surface area contributed by atoms with E-state index in [9.17, 15) is 10.2 Å². The molecule has 6 aromatic carbocycles. The smallest absolute Gasteiger partial charge is 0.222 e. The van der Waals surface area contributed by atoms with Crippen LogP contribution in [0.1, 0.15) is 50.6 Å². The van der Waals surface area contributed by atoms with E-state index in [1.54, 1.807) is 12.1 Å². The number of hydrogen-bond donors (Lipinski definition) is 2. The molecule has 0 aromatic heterocycles.